The van der Waals surface area contributed by atoms with E-state index in [1.807, 2.05) is 7.05 Å². The highest BCUT2D eigenvalue weighted by Gasteiger charge is 2.16. The summed E-state index contributed by atoms with van der Waals surface area (Å²) < 4.78 is 1.78. The summed E-state index contributed by atoms with van der Waals surface area (Å²) in [7, 11) is 1.85. The maximum absolute atomic E-state index is 11.7. The largest absolute Gasteiger partial charge is 0.335 e. The minimum atomic E-state index is -0.152. The summed E-state index contributed by atoms with van der Waals surface area (Å²) in [5, 5.41) is 5.72. The third-order valence-electron chi connectivity index (χ3n) is 2.99. The SMILES string of the molecule is Cn1ccnc1NC(=O)NC1CCCCC1. The first-order chi connectivity index (χ1) is 7.75. The van der Waals surface area contributed by atoms with E-state index in [0.29, 0.717) is 12.0 Å². The summed E-state index contributed by atoms with van der Waals surface area (Å²) in [6.07, 6.45) is 9.37. The van der Waals surface area contributed by atoms with Crippen LogP contribution < -0.4 is 10.6 Å². The zero-order valence-corrected chi connectivity index (χ0v) is 9.57. The molecule has 1 saturated carbocycles. The molecule has 2 rings (SSSR count). The van der Waals surface area contributed by atoms with Crippen molar-refractivity contribution in [3.8, 4) is 0 Å². The minimum absolute atomic E-state index is 0.152. The molecule has 16 heavy (non-hydrogen) atoms. The molecular formula is C11H18N4O. The zero-order valence-electron chi connectivity index (χ0n) is 9.57. The van der Waals surface area contributed by atoms with Crippen molar-refractivity contribution in [2.45, 2.75) is 38.1 Å². The monoisotopic (exact) mass is 222 g/mol. The number of aromatic nitrogens is 2. The lowest BCUT2D eigenvalue weighted by molar-refractivity contribution is 0.244. The lowest BCUT2D eigenvalue weighted by Gasteiger charge is -2.22. The molecule has 1 aliphatic rings. The normalized spacial score (nSPS) is 17.1. The van der Waals surface area contributed by atoms with Crippen molar-refractivity contribution < 1.29 is 4.79 Å². The van der Waals surface area contributed by atoms with Gasteiger partial charge in [-0.15, -0.1) is 0 Å². The number of urea groups is 1. The number of rotatable bonds is 2. The second kappa shape index (κ2) is 5.01. The van der Waals surface area contributed by atoms with Gasteiger partial charge in [-0.05, 0) is 12.8 Å². The fraction of sp³-hybridized carbons (Fsp3) is 0.636. The maximum Gasteiger partial charge on any atom is 0.321 e. The van der Waals surface area contributed by atoms with Gasteiger partial charge >= 0.3 is 6.03 Å². The van der Waals surface area contributed by atoms with Crippen LogP contribution in [-0.4, -0.2) is 21.6 Å². The zero-order chi connectivity index (χ0) is 11.4. The molecule has 1 fully saturated rings. The summed E-state index contributed by atoms with van der Waals surface area (Å²) in [6, 6.07) is 0.176. The quantitative estimate of drug-likeness (QED) is 0.802. The third kappa shape index (κ3) is 2.74. The van der Waals surface area contributed by atoms with Crippen LogP contribution >= 0.6 is 0 Å². The molecule has 0 spiro atoms. The van der Waals surface area contributed by atoms with Crippen LogP contribution in [0.4, 0.5) is 10.7 Å². The molecule has 0 saturated heterocycles. The molecule has 2 amide bonds. The van der Waals surface area contributed by atoms with Crippen molar-refractivity contribution in [3.05, 3.63) is 12.4 Å². The summed E-state index contributed by atoms with van der Waals surface area (Å²) in [4.78, 5) is 15.7. The van der Waals surface area contributed by atoms with Gasteiger partial charge in [0, 0.05) is 25.5 Å². The van der Waals surface area contributed by atoms with E-state index in [1.165, 1.54) is 19.3 Å². The second-order valence-corrected chi connectivity index (χ2v) is 4.30. The van der Waals surface area contributed by atoms with Gasteiger partial charge in [0.1, 0.15) is 0 Å². The highest BCUT2D eigenvalue weighted by molar-refractivity contribution is 5.87. The molecule has 5 heteroatoms. The number of carbonyl (C=O) groups excluding carboxylic acids is 1. The number of aryl methyl sites for hydroxylation is 1. The smallest absolute Gasteiger partial charge is 0.321 e. The first-order valence-corrected chi connectivity index (χ1v) is 5.80. The highest BCUT2D eigenvalue weighted by Crippen LogP contribution is 2.17. The maximum atomic E-state index is 11.7. The Balaban J connectivity index is 1.82. The highest BCUT2D eigenvalue weighted by atomic mass is 16.2. The Bertz CT molecular complexity index is 355. The Morgan fingerprint density at radius 1 is 1.44 bits per heavy atom. The van der Waals surface area contributed by atoms with Crippen LogP contribution in [0.25, 0.3) is 0 Å². The van der Waals surface area contributed by atoms with E-state index in [2.05, 4.69) is 15.6 Å². The average Bonchev–Trinajstić information content (AvgIpc) is 2.66. The number of imidazole rings is 1. The van der Waals surface area contributed by atoms with E-state index >= 15 is 0 Å². The molecular weight excluding hydrogens is 204 g/mol. The average molecular weight is 222 g/mol. The van der Waals surface area contributed by atoms with Crippen LogP contribution in [0.15, 0.2) is 12.4 Å². The van der Waals surface area contributed by atoms with E-state index in [-0.39, 0.29) is 6.03 Å². The molecule has 0 aromatic carbocycles. The number of hydrogen-bond acceptors (Lipinski definition) is 2. The first-order valence-electron chi connectivity index (χ1n) is 5.80. The molecule has 1 aromatic rings. The van der Waals surface area contributed by atoms with Gasteiger partial charge in [0.05, 0.1) is 0 Å². The van der Waals surface area contributed by atoms with E-state index in [0.717, 1.165) is 12.8 Å². The molecule has 0 atom stereocenters. The van der Waals surface area contributed by atoms with Crippen LogP contribution in [0, 0.1) is 0 Å². The van der Waals surface area contributed by atoms with E-state index in [9.17, 15) is 4.79 Å². The fourth-order valence-corrected chi connectivity index (χ4v) is 2.06. The molecule has 5 nitrogen and oxygen atoms in total. The Morgan fingerprint density at radius 2 is 2.19 bits per heavy atom. The van der Waals surface area contributed by atoms with Crippen molar-refractivity contribution in [2.24, 2.45) is 7.05 Å². The van der Waals surface area contributed by atoms with Gasteiger partial charge in [-0.25, -0.2) is 9.78 Å². The summed E-state index contributed by atoms with van der Waals surface area (Å²) in [5.41, 5.74) is 0. The van der Waals surface area contributed by atoms with Crippen LogP contribution in [0.3, 0.4) is 0 Å². The van der Waals surface area contributed by atoms with E-state index in [4.69, 9.17) is 0 Å². The van der Waals surface area contributed by atoms with Gasteiger partial charge in [0.15, 0.2) is 0 Å². The topological polar surface area (TPSA) is 59.0 Å². The number of amides is 2. The second-order valence-electron chi connectivity index (χ2n) is 4.30. The summed E-state index contributed by atoms with van der Waals surface area (Å²) in [6.45, 7) is 0. The van der Waals surface area contributed by atoms with Crippen LogP contribution in [-0.2, 0) is 7.05 Å². The molecule has 0 unspecified atom stereocenters. The number of hydrogen-bond donors (Lipinski definition) is 2. The third-order valence-corrected chi connectivity index (χ3v) is 2.99. The van der Waals surface area contributed by atoms with Crippen molar-refractivity contribution in [3.63, 3.8) is 0 Å². The number of nitrogens with zero attached hydrogens (tertiary/aromatic N) is 2. The molecule has 0 bridgehead atoms. The minimum Gasteiger partial charge on any atom is -0.335 e. The van der Waals surface area contributed by atoms with Gasteiger partial charge in [0.2, 0.25) is 5.95 Å². The van der Waals surface area contributed by atoms with Gasteiger partial charge in [-0.3, -0.25) is 5.32 Å². The van der Waals surface area contributed by atoms with Crippen LogP contribution in [0.5, 0.6) is 0 Å². The fourth-order valence-electron chi connectivity index (χ4n) is 2.06. The molecule has 1 aromatic heterocycles. The molecule has 2 N–H and O–H groups in total. The van der Waals surface area contributed by atoms with Crippen molar-refractivity contribution in [1.29, 1.82) is 0 Å². The van der Waals surface area contributed by atoms with Crippen molar-refractivity contribution in [2.75, 3.05) is 5.32 Å². The predicted molar refractivity (Wildman–Crippen MR) is 62.2 cm³/mol. The standard InChI is InChI=1S/C11H18N4O/c1-15-8-7-12-10(15)14-11(16)13-9-5-3-2-4-6-9/h7-9H,2-6H2,1H3,(H2,12,13,14,16). The van der Waals surface area contributed by atoms with E-state index < -0.39 is 0 Å². The van der Waals surface area contributed by atoms with E-state index in [1.54, 1.807) is 17.0 Å². The number of anilines is 1. The van der Waals surface area contributed by atoms with Crippen molar-refractivity contribution in [1.82, 2.24) is 14.9 Å². The van der Waals surface area contributed by atoms with Gasteiger partial charge in [-0.2, -0.15) is 0 Å². The summed E-state index contributed by atoms with van der Waals surface area (Å²) >= 11 is 0. The molecule has 1 aliphatic carbocycles. The Labute approximate surface area is 95.2 Å². The Hall–Kier alpha value is -1.52. The lowest BCUT2D eigenvalue weighted by Crippen LogP contribution is -2.39. The van der Waals surface area contributed by atoms with Crippen molar-refractivity contribution >= 4 is 12.0 Å². The Morgan fingerprint density at radius 3 is 2.81 bits per heavy atom. The number of carbonyl (C=O) groups is 1. The molecule has 88 valence electrons. The predicted octanol–water partition coefficient (Wildman–Crippen LogP) is 1.87. The number of nitrogens with one attached hydrogen (secondary N) is 2. The lowest BCUT2D eigenvalue weighted by atomic mass is 9.96. The van der Waals surface area contributed by atoms with Gasteiger partial charge < -0.3 is 9.88 Å². The van der Waals surface area contributed by atoms with Crippen LogP contribution in [0.1, 0.15) is 32.1 Å². The Kier molecular flexibility index (Phi) is 3.44. The first kappa shape index (κ1) is 11.0. The molecule has 0 radical (unpaired) electrons. The molecule has 1 heterocycles. The van der Waals surface area contributed by atoms with Gasteiger partial charge in [-0.1, -0.05) is 19.3 Å². The van der Waals surface area contributed by atoms with Gasteiger partial charge in [0.25, 0.3) is 0 Å². The summed E-state index contributed by atoms with van der Waals surface area (Å²) in [5.74, 6) is 0.577. The molecule has 0 aliphatic heterocycles. The van der Waals surface area contributed by atoms with Crippen LogP contribution in [0.2, 0.25) is 0 Å².